The number of sulfonamides is 1. The molecule has 0 radical (unpaired) electrons. The van der Waals surface area contributed by atoms with Gasteiger partial charge in [-0.3, -0.25) is 0 Å². The maximum atomic E-state index is 11.8. The molecule has 0 unspecified atom stereocenters. The molecule has 0 spiro atoms. The van der Waals surface area contributed by atoms with Crippen LogP contribution in [0.4, 0.5) is 0 Å². The maximum Gasteiger partial charge on any atom is 0.215 e. The molecule has 0 aromatic heterocycles. The Morgan fingerprint density at radius 1 is 1.21 bits per heavy atom. The Morgan fingerprint density at radius 3 is 2.42 bits per heavy atom. The number of nitrogens with one attached hydrogen (secondary N) is 1. The van der Waals surface area contributed by atoms with Crippen molar-refractivity contribution in [3.63, 3.8) is 0 Å². The second-order valence-electron chi connectivity index (χ2n) is 5.56. The fourth-order valence-corrected chi connectivity index (χ4v) is 2.91. The van der Waals surface area contributed by atoms with Crippen molar-refractivity contribution in [3.05, 3.63) is 35.9 Å². The molecule has 0 saturated carbocycles. The first-order chi connectivity index (χ1) is 8.85. The standard InChI is InChI=1S/C14H23NO3S/c1-14(2,12-16)9-6-10-15-19(17,18)11-13-7-4-3-5-8-13/h3-5,7-8,15-16H,6,9-12H2,1-2H3. The summed E-state index contributed by atoms with van der Waals surface area (Å²) in [6.07, 6.45) is 1.51. The van der Waals surface area contributed by atoms with Crippen molar-refractivity contribution in [2.75, 3.05) is 13.2 Å². The largest absolute Gasteiger partial charge is 0.396 e. The van der Waals surface area contributed by atoms with Gasteiger partial charge in [-0.15, -0.1) is 0 Å². The summed E-state index contributed by atoms with van der Waals surface area (Å²) in [5.41, 5.74) is 0.635. The van der Waals surface area contributed by atoms with Crippen LogP contribution in [0, 0.1) is 5.41 Å². The van der Waals surface area contributed by atoms with Crippen LogP contribution in [0.3, 0.4) is 0 Å². The minimum Gasteiger partial charge on any atom is -0.396 e. The van der Waals surface area contributed by atoms with Crippen LogP contribution in [-0.4, -0.2) is 26.7 Å². The van der Waals surface area contributed by atoms with Crippen molar-refractivity contribution in [1.82, 2.24) is 4.72 Å². The molecule has 1 aromatic rings. The first kappa shape index (κ1) is 16.1. The van der Waals surface area contributed by atoms with E-state index < -0.39 is 10.0 Å². The maximum absolute atomic E-state index is 11.8. The lowest BCUT2D eigenvalue weighted by Gasteiger charge is -2.21. The van der Waals surface area contributed by atoms with E-state index in [2.05, 4.69) is 4.72 Å². The Labute approximate surface area is 115 Å². The molecule has 0 fully saturated rings. The Morgan fingerprint density at radius 2 is 1.84 bits per heavy atom. The molecule has 0 aliphatic heterocycles. The van der Waals surface area contributed by atoms with Gasteiger partial charge in [0.2, 0.25) is 10.0 Å². The zero-order valence-corrected chi connectivity index (χ0v) is 12.4. The Hall–Kier alpha value is -0.910. The number of aliphatic hydroxyl groups excluding tert-OH is 1. The molecule has 4 nitrogen and oxygen atoms in total. The SMILES string of the molecule is CC(C)(CO)CCCNS(=O)(=O)Cc1ccccc1. The molecule has 5 heteroatoms. The molecule has 1 aromatic carbocycles. The summed E-state index contributed by atoms with van der Waals surface area (Å²) >= 11 is 0. The van der Waals surface area contributed by atoms with E-state index in [0.717, 1.165) is 18.4 Å². The van der Waals surface area contributed by atoms with E-state index in [4.69, 9.17) is 5.11 Å². The molecule has 0 bridgehead atoms. The average Bonchev–Trinajstić information content (AvgIpc) is 2.35. The van der Waals surface area contributed by atoms with Gasteiger partial charge in [-0.05, 0) is 23.8 Å². The van der Waals surface area contributed by atoms with Crippen LogP contribution in [-0.2, 0) is 15.8 Å². The predicted octanol–water partition coefficient (Wildman–Crippen LogP) is 1.90. The van der Waals surface area contributed by atoms with E-state index >= 15 is 0 Å². The van der Waals surface area contributed by atoms with Crippen LogP contribution in [0.2, 0.25) is 0 Å². The van der Waals surface area contributed by atoms with Crippen LogP contribution >= 0.6 is 0 Å². The van der Waals surface area contributed by atoms with Crippen molar-refractivity contribution in [1.29, 1.82) is 0 Å². The molecular weight excluding hydrogens is 262 g/mol. The van der Waals surface area contributed by atoms with Gasteiger partial charge in [-0.25, -0.2) is 13.1 Å². The summed E-state index contributed by atoms with van der Waals surface area (Å²) in [5.74, 6) is 0.0111. The number of aliphatic hydroxyl groups is 1. The molecular formula is C14H23NO3S. The summed E-state index contributed by atoms with van der Waals surface area (Å²) in [6, 6.07) is 9.12. The Bertz CT molecular complexity index is 469. The highest BCUT2D eigenvalue weighted by molar-refractivity contribution is 7.88. The van der Waals surface area contributed by atoms with E-state index in [1.165, 1.54) is 0 Å². The summed E-state index contributed by atoms with van der Waals surface area (Å²) in [4.78, 5) is 0. The molecule has 0 heterocycles. The zero-order valence-electron chi connectivity index (χ0n) is 11.6. The van der Waals surface area contributed by atoms with Gasteiger partial charge in [0.15, 0.2) is 0 Å². The van der Waals surface area contributed by atoms with Gasteiger partial charge in [-0.1, -0.05) is 44.2 Å². The number of hydrogen-bond acceptors (Lipinski definition) is 3. The molecule has 2 N–H and O–H groups in total. The fraction of sp³-hybridized carbons (Fsp3) is 0.571. The quantitative estimate of drug-likeness (QED) is 0.717. The highest BCUT2D eigenvalue weighted by Crippen LogP contribution is 2.20. The van der Waals surface area contributed by atoms with Gasteiger partial charge in [0.1, 0.15) is 0 Å². The van der Waals surface area contributed by atoms with Gasteiger partial charge in [-0.2, -0.15) is 0 Å². The second kappa shape index (κ2) is 7.03. The van der Waals surface area contributed by atoms with E-state index in [9.17, 15) is 8.42 Å². The van der Waals surface area contributed by atoms with Crippen LogP contribution in [0.15, 0.2) is 30.3 Å². The van der Waals surface area contributed by atoms with Crippen LogP contribution in [0.25, 0.3) is 0 Å². The molecule has 0 aliphatic carbocycles. The fourth-order valence-electron chi connectivity index (χ4n) is 1.72. The molecule has 0 saturated heterocycles. The average molecular weight is 285 g/mol. The molecule has 0 amide bonds. The lowest BCUT2D eigenvalue weighted by atomic mass is 9.89. The smallest absolute Gasteiger partial charge is 0.215 e. The van der Waals surface area contributed by atoms with Gasteiger partial charge in [0.25, 0.3) is 0 Å². The third-order valence-corrected chi connectivity index (χ3v) is 4.34. The van der Waals surface area contributed by atoms with Crippen molar-refractivity contribution >= 4 is 10.0 Å². The molecule has 1 rings (SSSR count). The van der Waals surface area contributed by atoms with Crippen LogP contribution in [0.5, 0.6) is 0 Å². The van der Waals surface area contributed by atoms with Gasteiger partial charge >= 0.3 is 0 Å². The molecule has 0 atom stereocenters. The normalized spacial score (nSPS) is 12.6. The summed E-state index contributed by atoms with van der Waals surface area (Å²) in [6.45, 7) is 4.46. The Kier molecular flexibility index (Phi) is 5.97. The van der Waals surface area contributed by atoms with Gasteiger partial charge in [0, 0.05) is 13.2 Å². The minimum absolute atomic E-state index is 0.0111. The first-order valence-electron chi connectivity index (χ1n) is 6.47. The highest BCUT2D eigenvalue weighted by atomic mass is 32.2. The molecule has 108 valence electrons. The lowest BCUT2D eigenvalue weighted by molar-refractivity contribution is 0.148. The lowest BCUT2D eigenvalue weighted by Crippen LogP contribution is -2.27. The molecule has 0 aliphatic rings. The number of rotatable bonds is 8. The third kappa shape index (κ3) is 6.71. The second-order valence-corrected chi connectivity index (χ2v) is 7.37. The number of benzene rings is 1. The van der Waals surface area contributed by atoms with Gasteiger partial charge in [0.05, 0.1) is 5.75 Å². The van der Waals surface area contributed by atoms with Crippen molar-refractivity contribution < 1.29 is 13.5 Å². The zero-order chi connectivity index (χ0) is 14.4. The summed E-state index contributed by atoms with van der Waals surface area (Å²) in [5, 5.41) is 9.11. The van der Waals surface area contributed by atoms with E-state index in [1.54, 1.807) is 12.1 Å². The minimum atomic E-state index is -3.27. The van der Waals surface area contributed by atoms with Gasteiger partial charge < -0.3 is 5.11 Å². The Balaban J connectivity index is 2.36. The van der Waals surface area contributed by atoms with E-state index in [0.29, 0.717) is 6.54 Å². The summed E-state index contributed by atoms with van der Waals surface area (Å²) < 4.78 is 26.3. The van der Waals surface area contributed by atoms with Crippen molar-refractivity contribution in [3.8, 4) is 0 Å². The number of hydrogen-bond donors (Lipinski definition) is 2. The molecule has 19 heavy (non-hydrogen) atoms. The van der Waals surface area contributed by atoms with Crippen molar-refractivity contribution in [2.45, 2.75) is 32.4 Å². The van der Waals surface area contributed by atoms with E-state index in [1.807, 2.05) is 32.0 Å². The third-order valence-electron chi connectivity index (χ3n) is 2.98. The van der Waals surface area contributed by atoms with Crippen LogP contribution < -0.4 is 4.72 Å². The topological polar surface area (TPSA) is 66.4 Å². The first-order valence-corrected chi connectivity index (χ1v) is 8.12. The predicted molar refractivity (Wildman–Crippen MR) is 77.2 cm³/mol. The summed E-state index contributed by atoms with van der Waals surface area (Å²) in [7, 11) is -3.27. The van der Waals surface area contributed by atoms with Crippen LogP contribution in [0.1, 0.15) is 32.3 Å². The van der Waals surface area contributed by atoms with Crippen molar-refractivity contribution in [2.24, 2.45) is 5.41 Å². The van der Waals surface area contributed by atoms with E-state index in [-0.39, 0.29) is 17.8 Å². The highest BCUT2D eigenvalue weighted by Gasteiger charge is 2.16. The monoisotopic (exact) mass is 285 g/mol.